The molecule has 28 heavy (non-hydrogen) atoms. The van der Waals surface area contributed by atoms with E-state index in [1.807, 2.05) is 53.3 Å². The summed E-state index contributed by atoms with van der Waals surface area (Å²) >= 11 is 0. The summed E-state index contributed by atoms with van der Waals surface area (Å²) in [4.78, 5) is 17.4. The predicted molar refractivity (Wildman–Crippen MR) is 120 cm³/mol. The van der Waals surface area contributed by atoms with Gasteiger partial charge in [0.05, 0.1) is 17.9 Å². The van der Waals surface area contributed by atoms with Crippen molar-refractivity contribution in [3.05, 3.63) is 66.7 Å². The van der Waals surface area contributed by atoms with Gasteiger partial charge in [-0.2, -0.15) is 5.10 Å². The highest BCUT2D eigenvalue weighted by atomic mass is 127. The Morgan fingerprint density at radius 1 is 0.964 bits per heavy atom. The minimum absolute atomic E-state index is 0. The lowest BCUT2D eigenvalue weighted by Gasteiger charge is -2.35. The first-order valence-electron chi connectivity index (χ1n) is 8.96. The van der Waals surface area contributed by atoms with E-state index < -0.39 is 0 Å². The van der Waals surface area contributed by atoms with E-state index in [-0.39, 0.29) is 24.0 Å². The number of benzene rings is 1. The second-order valence-electron chi connectivity index (χ2n) is 6.28. The molecule has 0 saturated carbocycles. The van der Waals surface area contributed by atoms with Crippen LogP contribution in [-0.2, 0) is 6.54 Å². The Morgan fingerprint density at radius 3 is 2.39 bits per heavy atom. The number of aromatic nitrogens is 4. The van der Waals surface area contributed by atoms with Crippen molar-refractivity contribution in [2.45, 2.75) is 6.54 Å². The van der Waals surface area contributed by atoms with Crippen LogP contribution in [0.15, 0.2) is 66.0 Å². The van der Waals surface area contributed by atoms with Gasteiger partial charge in [-0.1, -0.05) is 18.2 Å². The molecular weight excluding hydrogens is 467 g/mol. The fourth-order valence-corrected chi connectivity index (χ4v) is 3.02. The van der Waals surface area contributed by atoms with Gasteiger partial charge >= 0.3 is 0 Å². The van der Waals surface area contributed by atoms with E-state index >= 15 is 0 Å². The van der Waals surface area contributed by atoms with Gasteiger partial charge in [-0.3, -0.25) is 0 Å². The van der Waals surface area contributed by atoms with Gasteiger partial charge in [0.25, 0.3) is 0 Å². The van der Waals surface area contributed by atoms with Crippen LogP contribution in [0.3, 0.4) is 0 Å². The van der Waals surface area contributed by atoms with Crippen LogP contribution < -0.4 is 10.6 Å². The first-order chi connectivity index (χ1) is 13.3. The average Bonchev–Trinajstić information content (AvgIpc) is 3.22. The first kappa shape index (κ1) is 20.1. The molecule has 4 rings (SSSR count). The van der Waals surface area contributed by atoms with Gasteiger partial charge in [0.1, 0.15) is 0 Å². The molecule has 0 atom stereocenters. The fourth-order valence-electron chi connectivity index (χ4n) is 3.02. The van der Waals surface area contributed by atoms with Crippen molar-refractivity contribution in [2.75, 3.05) is 31.1 Å². The van der Waals surface area contributed by atoms with Crippen molar-refractivity contribution in [2.24, 2.45) is 10.7 Å². The van der Waals surface area contributed by atoms with E-state index in [1.54, 1.807) is 12.4 Å². The molecule has 0 radical (unpaired) electrons. The van der Waals surface area contributed by atoms with Crippen LogP contribution in [0.2, 0.25) is 0 Å². The van der Waals surface area contributed by atoms with Crippen LogP contribution in [0.4, 0.5) is 5.95 Å². The van der Waals surface area contributed by atoms with E-state index in [0.29, 0.717) is 12.5 Å². The number of guanidine groups is 1. The van der Waals surface area contributed by atoms with Crippen molar-refractivity contribution in [3.8, 4) is 5.69 Å². The molecule has 2 N–H and O–H groups in total. The zero-order valence-electron chi connectivity index (χ0n) is 15.4. The van der Waals surface area contributed by atoms with Crippen LogP contribution in [0.5, 0.6) is 0 Å². The normalized spacial score (nSPS) is 14.6. The molecule has 0 spiro atoms. The van der Waals surface area contributed by atoms with Gasteiger partial charge in [0.2, 0.25) is 5.95 Å². The Balaban J connectivity index is 0.00000225. The molecule has 0 bridgehead atoms. The number of halogens is 1. The number of anilines is 1. The summed E-state index contributed by atoms with van der Waals surface area (Å²) in [5, 5.41) is 4.56. The average molecular weight is 490 g/mol. The Bertz CT molecular complexity index is 889. The van der Waals surface area contributed by atoms with Crippen LogP contribution in [0.1, 0.15) is 5.69 Å². The molecule has 0 aliphatic carbocycles. The summed E-state index contributed by atoms with van der Waals surface area (Å²) < 4.78 is 1.85. The molecule has 1 saturated heterocycles. The van der Waals surface area contributed by atoms with Gasteiger partial charge < -0.3 is 15.5 Å². The highest BCUT2D eigenvalue weighted by Gasteiger charge is 2.19. The summed E-state index contributed by atoms with van der Waals surface area (Å²) in [6, 6.07) is 13.8. The molecule has 9 heteroatoms. The predicted octanol–water partition coefficient (Wildman–Crippen LogP) is 1.92. The first-order valence-corrected chi connectivity index (χ1v) is 8.96. The maximum absolute atomic E-state index is 6.19. The molecule has 1 aromatic carbocycles. The highest BCUT2D eigenvalue weighted by molar-refractivity contribution is 14.0. The van der Waals surface area contributed by atoms with Gasteiger partial charge in [-0.05, 0) is 24.3 Å². The molecule has 3 aromatic rings. The number of nitrogens with zero attached hydrogens (tertiary/aromatic N) is 7. The lowest BCUT2D eigenvalue weighted by atomic mass is 10.3. The third kappa shape index (κ3) is 4.77. The van der Waals surface area contributed by atoms with Gasteiger partial charge in [0, 0.05) is 44.8 Å². The topological polar surface area (TPSA) is 88.5 Å². The Kier molecular flexibility index (Phi) is 6.80. The van der Waals surface area contributed by atoms with Crippen LogP contribution in [0, 0.1) is 0 Å². The molecule has 1 aliphatic rings. The number of hydrogen-bond donors (Lipinski definition) is 1. The molecule has 3 heterocycles. The van der Waals surface area contributed by atoms with Crippen molar-refractivity contribution < 1.29 is 0 Å². The minimum atomic E-state index is 0. The second-order valence-corrected chi connectivity index (χ2v) is 6.28. The third-order valence-corrected chi connectivity index (χ3v) is 4.51. The van der Waals surface area contributed by atoms with Crippen molar-refractivity contribution in [1.29, 1.82) is 0 Å². The van der Waals surface area contributed by atoms with Crippen LogP contribution in [-0.4, -0.2) is 56.8 Å². The van der Waals surface area contributed by atoms with Gasteiger partial charge in [-0.15, -0.1) is 24.0 Å². The quantitative estimate of drug-likeness (QED) is 0.342. The molecule has 1 fully saturated rings. The molecule has 146 valence electrons. The van der Waals surface area contributed by atoms with Crippen molar-refractivity contribution >= 4 is 35.9 Å². The SMILES string of the molecule is I.NC(=NCc1ccn(-c2ccccc2)n1)N1CCN(c2ncccn2)CC1. The molecule has 8 nitrogen and oxygen atoms in total. The molecule has 0 amide bonds. The minimum Gasteiger partial charge on any atom is -0.370 e. The summed E-state index contributed by atoms with van der Waals surface area (Å²) in [6.45, 7) is 3.71. The second kappa shape index (κ2) is 9.49. The summed E-state index contributed by atoms with van der Waals surface area (Å²) in [6.07, 6.45) is 5.47. The summed E-state index contributed by atoms with van der Waals surface area (Å²) in [5.74, 6) is 1.32. The monoisotopic (exact) mass is 490 g/mol. The largest absolute Gasteiger partial charge is 0.370 e. The fraction of sp³-hybridized carbons (Fsp3) is 0.263. The number of hydrogen-bond acceptors (Lipinski definition) is 5. The van der Waals surface area contributed by atoms with Gasteiger partial charge in [-0.25, -0.2) is 19.6 Å². The number of piperazine rings is 1. The number of rotatable bonds is 4. The maximum Gasteiger partial charge on any atom is 0.225 e. The smallest absolute Gasteiger partial charge is 0.225 e. The third-order valence-electron chi connectivity index (χ3n) is 4.51. The van der Waals surface area contributed by atoms with E-state index in [2.05, 4.69) is 29.9 Å². The Hall–Kier alpha value is -2.69. The summed E-state index contributed by atoms with van der Waals surface area (Å²) in [5.41, 5.74) is 8.10. The van der Waals surface area contributed by atoms with Crippen molar-refractivity contribution in [3.63, 3.8) is 0 Å². The number of nitrogens with two attached hydrogens (primary N) is 1. The zero-order valence-corrected chi connectivity index (χ0v) is 17.8. The van der Waals surface area contributed by atoms with Crippen LogP contribution in [0.25, 0.3) is 5.69 Å². The number of aliphatic imine (C=N–C) groups is 1. The van der Waals surface area contributed by atoms with E-state index in [0.717, 1.165) is 43.5 Å². The lowest BCUT2D eigenvalue weighted by molar-refractivity contribution is 0.378. The standard InChI is InChI=1S/C19H22N8.HI/c20-18(25-11-13-26(14-12-25)19-21-8-4-9-22-19)23-15-16-7-10-27(24-16)17-5-2-1-3-6-17;/h1-10H,11-15H2,(H2,20,23);1H. The molecule has 1 aliphatic heterocycles. The number of para-hydroxylation sites is 1. The van der Waals surface area contributed by atoms with Crippen molar-refractivity contribution in [1.82, 2.24) is 24.6 Å². The van der Waals surface area contributed by atoms with Gasteiger partial charge in [0.15, 0.2) is 5.96 Å². The van der Waals surface area contributed by atoms with Crippen LogP contribution >= 0.6 is 24.0 Å². The highest BCUT2D eigenvalue weighted by Crippen LogP contribution is 2.10. The Labute approximate surface area is 181 Å². The molecular formula is C19H23IN8. The van der Waals surface area contributed by atoms with E-state index in [4.69, 9.17) is 5.73 Å². The lowest BCUT2D eigenvalue weighted by Crippen LogP contribution is -2.51. The molecule has 2 aromatic heterocycles. The van der Waals surface area contributed by atoms with E-state index in [9.17, 15) is 0 Å². The summed E-state index contributed by atoms with van der Waals surface area (Å²) in [7, 11) is 0. The zero-order chi connectivity index (χ0) is 18.5. The Morgan fingerprint density at radius 2 is 1.68 bits per heavy atom. The maximum atomic E-state index is 6.19. The van der Waals surface area contributed by atoms with E-state index in [1.165, 1.54) is 0 Å². The molecule has 0 unspecified atom stereocenters.